The number of aromatic nitrogens is 2. The zero-order chi connectivity index (χ0) is 18.3. The molecule has 134 valence electrons. The van der Waals surface area contributed by atoms with Crippen molar-refractivity contribution in [2.75, 3.05) is 12.4 Å². The van der Waals surface area contributed by atoms with Crippen molar-refractivity contribution in [3.63, 3.8) is 0 Å². The van der Waals surface area contributed by atoms with Crippen molar-refractivity contribution in [2.45, 2.75) is 12.7 Å². The molecule has 2 aromatic carbocycles. The molecule has 0 saturated heterocycles. The number of nitrogens with zero attached hydrogens (tertiary/aromatic N) is 1. The van der Waals surface area contributed by atoms with E-state index in [4.69, 9.17) is 4.74 Å². The second kappa shape index (κ2) is 5.87. The largest absolute Gasteiger partial charge is 0.586 e. The van der Waals surface area contributed by atoms with E-state index < -0.39 is 6.29 Å². The Balaban J connectivity index is 1.50. The van der Waals surface area contributed by atoms with Gasteiger partial charge >= 0.3 is 6.29 Å². The van der Waals surface area contributed by atoms with Crippen LogP contribution in [0.25, 0.3) is 11.0 Å². The monoisotopic (exact) mass is 361 g/mol. The number of anilines is 1. The van der Waals surface area contributed by atoms with Gasteiger partial charge in [-0.05, 0) is 17.7 Å². The van der Waals surface area contributed by atoms with E-state index in [2.05, 4.69) is 24.8 Å². The number of hydrogen-bond donors (Lipinski definition) is 2. The lowest BCUT2D eigenvalue weighted by Gasteiger charge is -2.04. The van der Waals surface area contributed by atoms with Crippen LogP contribution in [-0.2, 0) is 11.2 Å². The number of halogens is 2. The van der Waals surface area contributed by atoms with Crippen molar-refractivity contribution in [3.8, 4) is 17.2 Å². The number of hydrogen-bond acceptors (Lipinski definition) is 5. The summed E-state index contributed by atoms with van der Waals surface area (Å²) in [4.78, 5) is 19.2. The Hall–Kier alpha value is -3.36. The van der Waals surface area contributed by atoms with Crippen LogP contribution in [0.15, 0.2) is 36.4 Å². The fourth-order valence-electron chi connectivity index (χ4n) is 2.66. The molecule has 0 spiro atoms. The predicted molar refractivity (Wildman–Crippen MR) is 87.6 cm³/mol. The third kappa shape index (κ3) is 3.10. The Bertz CT molecular complexity index is 958. The molecule has 4 rings (SSSR count). The number of imidazole rings is 1. The molecule has 0 fully saturated rings. The number of aromatic amines is 1. The molecule has 2 heterocycles. The SMILES string of the molecule is COc1cccc(CC(=O)Nc2nc3cc4c(cc3[nH]2)OC(F)(F)O4)c1. The maximum atomic E-state index is 13.1. The number of nitrogens with one attached hydrogen (secondary N) is 2. The van der Waals surface area contributed by atoms with Crippen molar-refractivity contribution in [3.05, 3.63) is 42.0 Å². The number of alkyl halides is 2. The van der Waals surface area contributed by atoms with Crippen molar-refractivity contribution in [1.29, 1.82) is 0 Å². The van der Waals surface area contributed by atoms with Gasteiger partial charge in [-0.2, -0.15) is 0 Å². The van der Waals surface area contributed by atoms with Gasteiger partial charge in [-0.25, -0.2) is 4.98 Å². The highest BCUT2D eigenvalue weighted by molar-refractivity contribution is 5.93. The lowest BCUT2D eigenvalue weighted by Crippen LogP contribution is -2.25. The van der Waals surface area contributed by atoms with Gasteiger partial charge in [-0.1, -0.05) is 12.1 Å². The molecule has 26 heavy (non-hydrogen) atoms. The first-order valence-corrected chi connectivity index (χ1v) is 7.64. The molecule has 0 bridgehead atoms. The van der Waals surface area contributed by atoms with Gasteiger partial charge in [0.1, 0.15) is 5.75 Å². The van der Waals surface area contributed by atoms with Crippen LogP contribution in [0.4, 0.5) is 14.7 Å². The Morgan fingerprint density at radius 1 is 1.27 bits per heavy atom. The van der Waals surface area contributed by atoms with Crippen molar-refractivity contribution < 1.29 is 27.8 Å². The summed E-state index contributed by atoms with van der Waals surface area (Å²) in [5, 5.41) is 2.63. The number of benzene rings is 2. The fourth-order valence-corrected chi connectivity index (χ4v) is 2.66. The number of methoxy groups -OCH3 is 1. The third-order valence-corrected chi connectivity index (χ3v) is 3.76. The third-order valence-electron chi connectivity index (χ3n) is 3.76. The molecule has 1 amide bonds. The van der Waals surface area contributed by atoms with E-state index in [9.17, 15) is 13.6 Å². The first-order chi connectivity index (χ1) is 12.4. The first kappa shape index (κ1) is 16.1. The van der Waals surface area contributed by atoms with Crippen molar-refractivity contribution >= 4 is 22.9 Å². The van der Waals surface area contributed by atoms with Gasteiger partial charge in [0.25, 0.3) is 0 Å². The van der Waals surface area contributed by atoms with Gasteiger partial charge in [-0.15, -0.1) is 8.78 Å². The Kier molecular flexibility index (Phi) is 3.64. The fraction of sp³-hybridized carbons (Fsp3) is 0.176. The predicted octanol–water partition coefficient (Wildman–Crippen LogP) is 3.07. The van der Waals surface area contributed by atoms with E-state index in [-0.39, 0.29) is 29.8 Å². The minimum atomic E-state index is -3.69. The summed E-state index contributed by atoms with van der Waals surface area (Å²) in [6.45, 7) is 0. The van der Waals surface area contributed by atoms with E-state index in [1.807, 2.05) is 0 Å². The van der Waals surface area contributed by atoms with Gasteiger partial charge in [0.15, 0.2) is 11.5 Å². The Morgan fingerprint density at radius 3 is 2.81 bits per heavy atom. The van der Waals surface area contributed by atoms with E-state index in [0.29, 0.717) is 16.8 Å². The molecule has 2 N–H and O–H groups in total. The summed E-state index contributed by atoms with van der Waals surface area (Å²) in [6.07, 6.45) is -3.56. The molecular formula is C17H13F2N3O4. The zero-order valence-electron chi connectivity index (χ0n) is 13.5. The topological polar surface area (TPSA) is 85.5 Å². The molecule has 9 heteroatoms. The summed E-state index contributed by atoms with van der Waals surface area (Å²) >= 11 is 0. The van der Waals surface area contributed by atoms with Crippen molar-refractivity contribution in [1.82, 2.24) is 9.97 Å². The minimum Gasteiger partial charge on any atom is -0.497 e. The second-order valence-corrected chi connectivity index (χ2v) is 5.65. The Morgan fingerprint density at radius 2 is 2.04 bits per heavy atom. The van der Waals surface area contributed by atoms with Crippen LogP contribution in [0.3, 0.4) is 0 Å². The zero-order valence-corrected chi connectivity index (χ0v) is 13.5. The van der Waals surface area contributed by atoms with E-state index in [0.717, 1.165) is 5.56 Å². The number of ether oxygens (including phenoxy) is 3. The molecule has 0 unspecified atom stereocenters. The number of fused-ring (bicyclic) bond motifs is 2. The van der Waals surface area contributed by atoms with E-state index in [1.165, 1.54) is 12.1 Å². The second-order valence-electron chi connectivity index (χ2n) is 5.65. The maximum Gasteiger partial charge on any atom is 0.586 e. The molecule has 1 aliphatic heterocycles. The van der Waals surface area contributed by atoms with Crippen LogP contribution >= 0.6 is 0 Å². The molecule has 0 aliphatic carbocycles. The molecule has 0 atom stereocenters. The van der Waals surface area contributed by atoms with Gasteiger partial charge in [0.05, 0.1) is 24.6 Å². The number of H-pyrrole nitrogens is 1. The maximum absolute atomic E-state index is 13.1. The lowest BCUT2D eigenvalue weighted by molar-refractivity contribution is -0.286. The molecule has 0 saturated carbocycles. The number of amides is 1. The lowest BCUT2D eigenvalue weighted by atomic mass is 10.1. The summed E-state index contributed by atoms with van der Waals surface area (Å²) < 4.78 is 40.0. The van der Waals surface area contributed by atoms with Crippen LogP contribution in [0.1, 0.15) is 5.56 Å². The highest BCUT2D eigenvalue weighted by Gasteiger charge is 2.43. The minimum absolute atomic E-state index is 0.0968. The smallest absolute Gasteiger partial charge is 0.497 e. The molecule has 7 nitrogen and oxygen atoms in total. The quantitative estimate of drug-likeness (QED) is 0.746. The number of rotatable bonds is 4. The molecular weight excluding hydrogens is 348 g/mol. The molecule has 1 aliphatic rings. The van der Waals surface area contributed by atoms with E-state index in [1.54, 1.807) is 31.4 Å². The van der Waals surface area contributed by atoms with Crippen molar-refractivity contribution in [2.24, 2.45) is 0 Å². The summed E-state index contributed by atoms with van der Waals surface area (Å²) in [6, 6.07) is 9.81. The first-order valence-electron chi connectivity index (χ1n) is 7.64. The van der Waals surface area contributed by atoms with Gasteiger partial charge < -0.3 is 19.2 Å². The van der Waals surface area contributed by atoms with Crippen LogP contribution in [0, 0.1) is 0 Å². The van der Waals surface area contributed by atoms with Crippen LogP contribution in [0.2, 0.25) is 0 Å². The normalized spacial score (nSPS) is 14.4. The highest BCUT2D eigenvalue weighted by atomic mass is 19.3. The van der Waals surface area contributed by atoms with Crippen LogP contribution in [-0.4, -0.2) is 29.3 Å². The highest BCUT2D eigenvalue weighted by Crippen LogP contribution is 2.42. The number of carbonyl (C=O) groups excluding carboxylic acids is 1. The summed E-state index contributed by atoms with van der Waals surface area (Å²) in [5.74, 6) is 0.362. The van der Waals surface area contributed by atoms with Gasteiger partial charge in [0.2, 0.25) is 11.9 Å². The standard InChI is InChI=1S/C17H13F2N3O4/c1-24-10-4-2-3-9(5-10)6-15(23)22-16-20-11-7-13-14(8-12(11)21-16)26-17(18,19)25-13/h2-5,7-8H,6H2,1H3,(H2,20,21,22,23). The van der Waals surface area contributed by atoms with E-state index >= 15 is 0 Å². The van der Waals surface area contributed by atoms with Gasteiger partial charge in [-0.3, -0.25) is 10.1 Å². The summed E-state index contributed by atoms with van der Waals surface area (Å²) in [5.41, 5.74) is 1.57. The number of carbonyl (C=O) groups is 1. The molecule has 1 aromatic heterocycles. The Labute approximate surface area is 145 Å². The average Bonchev–Trinajstić information content (AvgIpc) is 3.09. The molecule has 3 aromatic rings. The summed E-state index contributed by atoms with van der Waals surface area (Å²) in [7, 11) is 1.55. The average molecular weight is 361 g/mol. The van der Waals surface area contributed by atoms with Gasteiger partial charge in [0, 0.05) is 12.1 Å². The molecule has 0 radical (unpaired) electrons. The van der Waals surface area contributed by atoms with Crippen LogP contribution in [0.5, 0.6) is 17.2 Å². The van der Waals surface area contributed by atoms with Crippen LogP contribution < -0.4 is 19.5 Å².